The van der Waals surface area contributed by atoms with Crippen molar-refractivity contribution >= 4 is 0 Å². The third-order valence-electron chi connectivity index (χ3n) is 4.75. The van der Waals surface area contributed by atoms with E-state index in [-0.39, 0.29) is 0 Å². The lowest BCUT2D eigenvalue weighted by Gasteiger charge is -2.38. The Balaban J connectivity index is 2.37. The van der Waals surface area contributed by atoms with E-state index >= 15 is 0 Å². The highest BCUT2D eigenvalue weighted by Crippen LogP contribution is 2.29. The first-order chi connectivity index (χ1) is 8.99. The summed E-state index contributed by atoms with van der Waals surface area (Å²) in [6.07, 6.45) is 5.65. The summed E-state index contributed by atoms with van der Waals surface area (Å²) >= 11 is 0. The van der Waals surface area contributed by atoms with Gasteiger partial charge in [0.1, 0.15) is 0 Å². The molecule has 1 saturated carbocycles. The van der Waals surface area contributed by atoms with Crippen molar-refractivity contribution < 1.29 is 0 Å². The van der Waals surface area contributed by atoms with Gasteiger partial charge in [-0.3, -0.25) is 0 Å². The monoisotopic (exact) mass is 268 g/mol. The van der Waals surface area contributed by atoms with E-state index < -0.39 is 0 Å². The van der Waals surface area contributed by atoms with E-state index in [2.05, 4.69) is 44.8 Å². The first-order valence-electron chi connectivity index (χ1n) is 8.42. The molecule has 0 amide bonds. The van der Waals surface area contributed by atoms with Gasteiger partial charge in [0.2, 0.25) is 0 Å². The summed E-state index contributed by atoms with van der Waals surface area (Å²) in [4.78, 5) is 2.68. The van der Waals surface area contributed by atoms with Crippen molar-refractivity contribution in [3.63, 3.8) is 0 Å². The molecule has 0 aromatic heterocycles. The van der Waals surface area contributed by atoms with E-state index in [1.807, 2.05) is 0 Å². The van der Waals surface area contributed by atoms with Crippen LogP contribution in [0.15, 0.2) is 0 Å². The van der Waals surface area contributed by atoms with E-state index in [1.165, 1.54) is 45.3 Å². The Bertz CT molecular complexity index is 235. The van der Waals surface area contributed by atoms with Gasteiger partial charge in [-0.05, 0) is 49.6 Å². The fourth-order valence-electron chi connectivity index (χ4n) is 2.84. The second-order valence-corrected chi connectivity index (χ2v) is 7.31. The van der Waals surface area contributed by atoms with Crippen LogP contribution in [0, 0.1) is 17.3 Å². The Kier molecular flexibility index (Phi) is 7.38. The highest BCUT2D eigenvalue weighted by atomic mass is 15.1. The third-order valence-corrected chi connectivity index (χ3v) is 4.75. The van der Waals surface area contributed by atoms with Gasteiger partial charge in [-0.1, -0.05) is 41.0 Å². The Labute approximate surface area is 121 Å². The molecule has 1 rings (SSSR count). The minimum Gasteiger partial charge on any atom is -0.316 e. The Morgan fingerprint density at radius 1 is 1.26 bits per heavy atom. The van der Waals surface area contributed by atoms with Crippen molar-refractivity contribution in [3.05, 3.63) is 0 Å². The largest absolute Gasteiger partial charge is 0.316 e. The van der Waals surface area contributed by atoms with Crippen molar-refractivity contribution in [1.82, 2.24) is 10.2 Å². The lowest BCUT2D eigenvalue weighted by Crippen LogP contribution is -2.44. The maximum Gasteiger partial charge on any atom is 0.00474 e. The van der Waals surface area contributed by atoms with E-state index in [1.54, 1.807) is 0 Å². The molecule has 1 N–H and O–H groups in total. The lowest BCUT2D eigenvalue weighted by atomic mass is 9.83. The van der Waals surface area contributed by atoms with Gasteiger partial charge in [0.15, 0.2) is 0 Å². The van der Waals surface area contributed by atoms with Crippen molar-refractivity contribution in [2.24, 2.45) is 17.3 Å². The molecule has 1 fully saturated rings. The van der Waals surface area contributed by atoms with Crippen molar-refractivity contribution in [2.75, 3.05) is 32.7 Å². The molecular formula is C17H36N2. The SMILES string of the molecule is CCN(CC1CCC1)CC(C)(CC)CNCC(C)C. The highest BCUT2D eigenvalue weighted by Gasteiger charge is 2.27. The summed E-state index contributed by atoms with van der Waals surface area (Å²) < 4.78 is 0. The van der Waals surface area contributed by atoms with Gasteiger partial charge in [-0.15, -0.1) is 0 Å². The smallest absolute Gasteiger partial charge is 0.00474 e. The van der Waals surface area contributed by atoms with E-state index in [0.29, 0.717) is 5.41 Å². The van der Waals surface area contributed by atoms with Gasteiger partial charge < -0.3 is 10.2 Å². The maximum absolute atomic E-state index is 3.66. The lowest BCUT2D eigenvalue weighted by molar-refractivity contribution is 0.120. The fourth-order valence-corrected chi connectivity index (χ4v) is 2.84. The zero-order valence-corrected chi connectivity index (χ0v) is 14.0. The molecule has 0 radical (unpaired) electrons. The van der Waals surface area contributed by atoms with Crippen LogP contribution in [0.2, 0.25) is 0 Å². The summed E-state index contributed by atoms with van der Waals surface area (Å²) in [6, 6.07) is 0. The van der Waals surface area contributed by atoms with Crippen LogP contribution in [-0.2, 0) is 0 Å². The second kappa shape index (κ2) is 8.26. The van der Waals surface area contributed by atoms with Crippen LogP contribution in [0.5, 0.6) is 0 Å². The van der Waals surface area contributed by atoms with Gasteiger partial charge in [-0.2, -0.15) is 0 Å². The molecule has 0 saturated heterocycles. The molecule has 0 aromatic carbocycles. The zero-order chi connectivity index (χ0) is 14.3. The molecule has 0 spiro atoms. The molecule has 0 bridgehead atoms. The zero-order valence-electron chi connectivity index (χ0n) is 14.0. The first-order valence-corrected chi connectivity index (χ1v) is 8.42. The molecule has 19 heavy (non-hydrogen) atoms. The number of nitrogens with zero attached hydrogens (tertiary/aromatic N) is 1. The minimum absolute atomic E-state index is 0.425. The predicted octanol–water partition coefficient (Wildman–Crippen LogP) is 3.77. The molecular weight excluding hydrogens is 232 g/mol. The molecule has 0 heterocycles. The summed E-state index contributed by atoms with van der Waals surface area (Å²) in [7, 11) is 0. The summed E-state index contributed by atoms with van der Waals surface area (Å²) in [5.41, 5.74) is 0.425. The summed E-state index contributed by atoms with van der Waals surface area (Å²) in [6.45, 7) is 17.8. The Morgan fingerprint density at radius 3 is 2.37 bits per heavy atom. The Hall–Kier alpha value is -0.0800. The highest BCUT2D eigenvalue weighted by molar-refractivity contribution is 4.82. The van der Waals surface area contributed by atoms with Crippen molar-refractivity contribution in [1.29, 1.82) is 0 Å². The number of hydrogen-bond acceptors (Lipinski definition) is 2. The van der Waals surface area contributed by atoms with Gasteiger partial charge in [0.05, 0.1) is 0 Å². The molecule has 1 atom stereocenters. The molecule has 1 aliphatic carbocycles. The van der Waals surface area contributed by atoms with E-state index in [9.17, 15) is 0 Å². The van der Waals surface area contributed by atoms with Crippen LogP contribution in [0.3, 0.4) is 0 Å². The van der Waals surface area contributed by atoms with Crippen LogP contribution in [0.4, 0.5) is 0 Å². The Morgan fingerprint density at radius 2 is 1.95 bits per heavy atom. The first kappa shape index (κ1) is 17.0. The van der Waals surface area contributed by atoms with Crippen LogP contribution in [-0.4, -0.2) is 37.6 Å². The van der Waals surface area contributed by atoms with Crippen molar-refractivity contribution in [3.8, 4) is 0 Å². The number of nitrogens with one attached hydrogen (secondary N) is 1. The molecule has 2 heteroatoms. The summed E-state index contributed by atoms with van der Waals surface area (Å²) in [5.74, 6) is 1.74. The third kappa shape index (κ3) is 6.27. The van der Waals surface area contributed by atoms with E-state index in [0.717, 1.165) is 24.9 Å². The number of hydrogen-bond donors (Lipinski definition) is 1. The van der Waals surface area contributed by atoms with Gasteiger partial charge >= 0.3 is 0 Å². The quantitative estimate of drug-likeness (QED) is 0.649. The summed E-state index contributed by atoms with van der Waals surface area (Å²) in [5, 5.41) is 3.66. The van der Waals surface area contributed by atoms with Crippen LogP contribution in [0.1, 0.15) is 60.3 Å². The second-order valence-electron chi connectivity index (χ2n) is 7.31. The standard InChI is InChI=1S/C17H36N2/c1-6-17(5,13-18-11-15(3)4)14-19(7-2)12-16-9-8-10-16/h15-16,18H,6-14H2,1-5H3. The van der Waals surface area contributed by atoms with Gasteiger partial charge in [0.25, 0.3) is 0 Å². The molecule has 1 unspecified atom stereocenters. The van der Waals surface area contributed by atoms with Gasteiger partial charge in [-0.25, -0.2) is 0 Å². The predicted molar refractivity (Wildman–Crippen MR) is 85.6 cm³/mol. The average molecular weight is 268 g/mol. The van der Waals surface area contributed by atoms with Crippen LogP contribution < -0.4 is 5.32 Å². The van der Waals surface area contributed by atoms with Gasteiger partial charge in [0, 0.05) is 19.6 Å². The fraction of sp³-hybridized carbons (Fsp3) is 1.00. The molecule has 1 aliphatic rings. The average Bonchev–Trinajstić information content (AvgIpc) is 2.31. The molecule has 114 valence electrons. The van der Waals surface area contributed by atoms with E-state index in [4.69, 9.17) is 0 Å². The minimum atomic E-state index is 0.425. The topological polar surface area (TPSA) is 15.3 Å². The van der Waals surface area contributed by atoms with Crippen LogP contribution >= 0.6 is 0 Å². The molecule has 2 nitrogen and oxygen atoms in total. The number of rotatable bonds is 10. The molecule has 0 aromatic rings. The maximum atomic E-state index is 3.66. The molecule has 0 aliphatic heterocycles. The normalized spacial score (nSPS) is 19.7. The van der Waals surface area contributed by atoms with Crippen LogP contribution in [0.25, 0.3) is 0 Å². The van der Waals surface area contributed by atoms with Crippen molar-refractivity contribution in [2.45, 2.75) is 60.3 Å².